The fraction of sp³-hybridized carbons (Fsp3) is 0.429. The zero-order valence-corrected chi connectivity index (χ0v) is 17.0. The summed E-state index contributed by atoms with van der Waals surface area (Å²) in [5.41, 5.74) is 3.52. The van der Waals surface area contributed by atoms with Crippen LogP contribution in [0.5, 0.6) is 11.5 Å². The van der Waals surface area contributed by atoms with Crippen molar-refractivity contribution in [3.63, 3.8) is 0 Å². The standard InChI is InChI=1S/C21H28BrNO2/c1-4-5-8-13-23-14-18-19(22)11-12-20(24-3)21(18)25-15-17-10-7-6-9-16(17)2/h6-7,9-12,23H,4-5,8,13-15H2,1-3H3. The molecule has 0 heterocycles. The molecular weight excluding hydrogens is 378 g/mol. The maximum atomic E-state index is 6.19. The average molecular weight is 406 g/mol. The van der Waals surface area contributed by atoms with Crippen molar-refractivity contribution in [3.8, 4) is 11.5 Å². The van der Waals surface area contributed by atoms with E-state index < -0.39 is 0 Å². The Morgan fingerprint density at radius 1 is 1.08 bits per heavy atom. The summed E-state index contributed by atoms with van der Waals surface area (Å²) in [7, 11) is 1.68. The first-order chi connectivity index (χ1) is 12.2. The van der Waals surface area contributed by atoms with E-state index >= 15 is 0 Å². The highest BCUT2D eigenvalue weighted by Gasteiger charge is 2.15. The molecule has 25 heavy (non-hydrogen) atoms. The third kappa shape index (κ3) is 5.75. The van der Waals surface area contributed by atoms with E-state index in [0.29, 0.717) is 6.61 Å². The van der Waals surface area contributed by atoms with Crippen molar-refractivity contribution < 1.29 is 9.47 Å². The molecule has 136 valence electrons. The molecular formula is C21H28BrNO2. The van der Waals surface area contributed by atoms with Gasteiger partial charge in [-0.05, 0) is 43.1 Å². The maximum absolute atomic E-state index is 6.19. The van der Waals surface area contributed by atoms with Crippen LogP contribution in [0.2, 0.25) is 0 Å². The number of nitrogens with one attached hydrogen (secondary N) is 1. The smallest absolute Gasteiger partial charge is 0.167 e. The lowest BCUT2D eigenvalue weighted by molar-refractivity contribution is 0.279. The van der Waals surface area contributed by atoms with E-state index in [-0.39, 0.29) is 0 Å². The Hall–Kier alpha value is -1.52. The van der Waals surface area contributed by atoms with Gasteiger partial charge in [-0.3, -0.25) is 0 Å². The lowest BCUT2D eigenvalue weighted by Gasteiger charge is -2.18. The third-order valence-corrected chi connectivity index (χ3v) is 5.02. The first kappa shape index (κ1) is 19.8. The molecule has 0 radical (unpaired) electrons. The Morgan fingerprint density at radius 3 is 2.60 bits per heavy atom. The van der Waals surface area contributed by atoms with Gasteiger partial charge in [0.1, 0.15) is 6.61 Å². The fourth-order valence-electron chi connectivity index (χ4n) is 2.70. The summed E-state index contributed by atoms with van der Waals surface area (Å²) < 4.78 is 12.8. The van der Waals surface area contributed by atoms with E-state index in [2.05, 4.69) is 47.2 Å². The lowest BCUT2D eigenvalue weighted by Crippen LogP contribution is -2.16. The van der Waals surface area contributed by atoms with Crippen LogP contribution in [0.25, 0.3) is 0 Å². The zero-order valence-electron chi connectivity index (χ0n) is 15.4. The maximum Gasteiger partial charge on any atom is 0.167 e. The van der Waals surface area contributed by atoms with Crippen molar-refractivity contribution in [2.75, 3.05) is 13.7 Å². The highest BCUT2D eigenvalue weighted by atomic mass is 79.9. The predicted molar refractivity (Wildman–Crippen MR) is 107 cm³/mol. The second-order valence-electron chi connectivity index (χ2n) is 6.16. The van der Waals surface area contributed by atoms with Gasteiger partial charge >= 0.3 is 0 Å². The van der Waals surface area contributed by atoms with Gasteiger partial charge in [-0.1, -0.05) is 60.0 Å². The third-order valence-electron chi connectivity index (χ3n) is 4.28. The summed E-state index contributed by atoms with van der Waals surface area (Å²) in [6.45, 7) is 6.62. The van der Waals surface area contributed by atoms with E-state index in [1.54, 1.807) is 7.11 Å². The molecule has 0 aliphatic carbocycles. The predicted octanol–water partition coefficient (Wildman–Crippen LogP) is 5.62. The average Bonchev–Trinajstić information content (AvgIpc) is 2.62. The SMILES string of the molecule is CCCCCNCc1c(Br)ccc(OC)c1OCc1ccccc1C. The van der Waals surface area contributed by atoms with Crippen molar-refractivity contribution in [1.82, 2.24) is 5.32 Å². The second-order valence-corrected chi connectivity index (χ2v) is 7.01. The zero-order chi connectivity index (χ0) is 18.1. The Balaban J connectivity index is 2.13. The Kier molecular flexibility index (Phi) is 8.29. The van der Waals surface area contributed by atoms with E-state index in [1.165, 1.54) is 30.4 Å². The van der Waals surface area contributed by atoms with Gasteiger partial charge in [0, 0.05) is 16.6 Å². The number of ether oxygens (including phenoxy) is 2. The van der Waals surface area contributed by atoms with Crippen molar-refractivity contribution in [2.24, 2.45) is 0 Å². The van der Waals surface area contributed by atoms with E-state index in [1.807, 2.05) is 24.3 Å². The number of hydrogen-bond donors (Lipinski definition) is 1. The lowest BCUT2D eigenvalue weighted by atomic mass is 10.1. The van der Waals surface area contributed by atoms with Gasteiger partial charge in [0.05, 0.1) is 7.11 Å². The summed E-state index contributed by atoms with van der Waals surface area (Å²) in [6.07, 6.45) is 3.68. The summed E-state index contributed by atoms with van der Waals surface area (Å²) >= 11 is 3.66. The summed E-state index contributed by atoms with van der Waals surface area (Å²) in [4.78, 5) is 0. The monoisotopic (exact) mass is 405 g/mol. The minimum Gasteiger partial charge on any atom is -0.493 e. The van der Waals surface area contributed by atoms with Gasteiger partial charge in [-0.2, -0.15) is 0 Å². The van der Waals surface area contributed by atoms with E-state index in [9.17, 15) is 0 Å². The van der Waals surface area contributed by atoms with Crippen molar-refractivity contribution in [1.29, 1.82) is 0 Å². The Labute approximate surface area is 159 Å². The number of benzene rings is 2. The highest BCUT2D eigenvalue weighted by Crippen LogP contribution is 2.37. The molecule has 0 saturated carbocycles. The minimum absolute atomic E-state index is 0.530. The number of unbranched alkanes of at least 4 members (excludes halogenated alkanes) is 2. The highest BCUT2D eigenvalue weighted by molar-refractivity contribution is 9.10. The van der Waals surface area contributed by atoms with E-state index in [4.69, 9.17) is 9.47 Å². The van der Waals surface area contributed by atoms with Crippen LogP contribution >= 0.6 is 15.9 Å². The second kappa shape index (κ2) is 10.5. The molecule has 0 bridgehead atoms. The molecule has 1 N–H and O–H groups in total. The molecule has 0 fully saturated rings. The molecule has 0 atom stereocenters. The van der Waals surface area contributed by atoms with E-state index in [0.717, 1.165) is 34.6 Å². The molecule has 0 aliphatic heterocycles. The van der Waals surface area contributed by atoms with Gasteiger partial charge in [0.15, 0.2) is 11.5 Å². The summed E-state index contributed by atoms with van der Waals surface area (Å²) in [6, 6.07) is 12.3. The molecule has 2 aromatic rings. The number of methoxy groups -OCH3 is 1. The molecule has 0 spiro atoms. The molecule has 0 amide bonds. The molecule has 0 aliphatic rings. The van der Waals surface area contributed by atoms with Gasteiger partial charge in [-0.15, -0.1) is 0 Å². The number of aryl methyl sites for hydroxylation is 1. The first-order valence-corrected chi connectivity index (χ1v) is 9.70. The first-order valence-electron chi connectivity index (χ1n) is 8.90. The van der Waals surface area contributed by atoms with Crippen LogP contribution in [-0.2, 0) is 13.2 Å². The molecule has 0 aromatic heterocycles. The van der Waals surface area contributed by atoms with Gasteiger partial charge in [0.2, 0.25) is 0 Å². The normalized spacial score (nSPS) is 10.7. The molecule has 2 rings (SSSR count). The largest absolute Gasteiger partial charge is 0.493 e. The quantitative estimate of drug-likeness (QED) is 0.519. The minimum atomic E-state index is 0.530. The van der Waals surface area contributed by atoms with Gasteiger partial charge in [0.25, 0.3) is 0 Å². The van der Waals surface area contributed by atoms with Crippen LogP contribution in [-0.4, -0.2) is 13.7 Å². The number of halogens is 1. The van der Waals surface area contributed by atoms with Crippen molar-refractivity contribution in [3.05, 3.63) is 57.6 Å². The van der Waals surface area contributed by atoms with Crippen LogP contribution in [0.4, 0.5) is 0 Å². The molecule has 3 nitrogen and oxygen atoms in total. The fourth-order valence-corrected chi connectivity index (χ4v) is 3.15. The topological polar surface area (TPSA) is 30.5 Å². The van der Waals surface area contributed by atoms with Gasteiger partial charge in [-0.25, -0.2) is 0 Å². The van der Waals surface area contributed by atoms with Crippen LogP contribution in [0.15, 0.2) is 40.9 Å². The Bertz CT molecular complexity index is 673. The van der Waals surface area contributed by atoms with Crippen LogP contribution in [0.3, 0.4) is 0 Å². The number of hydrogen-bond acceptors (Lipinski definition) is 3. The summed E-state index contributed by atoms with van der Waals surface area (Å²) in [5, 5.41) is 3.51. The molecule has 2 aromatic carbocycles. The van der Waals surface area contributed by atoms with Crippen LogP contribution < -0.4 is 14.8 Å². The van der Waals surface area contributed by atoms with Crippen molar-refractivity contribution >= 4 is 15.9 Å². The van der Waals surface area contributed by atoms with Crippen LogP contribution in [0, 0.1) is 6.92 Å². The number of rotatable bonds is 10. The van der Waals surface area contributed by atoms with Gasteiger partial charge < -0.3 is 14.8 Å². The molecule has 4 heteroatoms. The molecule has 0 unspecified atom stereocenters. The Morgan fingerprint density at radius 2 is 1.88 bits per heavy atom. The molecule has 0 saturated heterocycles. The van der Waals surface area contributed by atoms with Crippen molar-refractivity contribution in [2.45, 2.75) is 46.3 Å². The van der Waals surface area contributed by atoms with Crippen LogP contribution in [0.1, 0.15) is 42.9 Å². The summed E-state index contributed by atoms with van der Waals surface area (Å²) in [5.74, 6) is 1.57.